The number of nitro groups is 1. The maximum absolute atomic E-state index is 11.8. The van der Waals surface area contributed by atoms with Gasteiger partial charge in [-0.2, -0.15) is 27.1 Å². The largest absolute Gasteiger partial charge is 0.507 e. The summed E-state index contributed by atoms with van der Waals surface area (Å²) < 4.78 is 69.6. The van der Waals surface area contributed by atoms with E-state index in [1.807, 2.05) is 0 Å². The number of aryl methyl sites for hydroxylation is 1. The second kappa shape index (κ2) is 18.5. The molecule has 0 aliphatic heterocycles. The second-order valence-corrected chi connectivity index (χ2v) is 11.3. The molecular formula is C23H21N5Na3O12S2. The average molecular weight is 693 g/mol. The van der Waals surface area contributed by atoms with E-state index >= 15 is 0 Å². The Bertz CT molecular complexity index is 1840. The maximum atomic E-state index is 11.8. The van der Waals surface area contributed by atoms with Gasteiger partial charge in [0.1, 0.15) is 33.3 Å². The maximum Gasteiger partial charge on any atom is 0.339 e. The molecule has 3 aromatic rings. The number of nitro benzene ring substituents is 1. The van der Waals surface area contributed by atoms with Crippen LogP contribution < -0.4 is 4.74 Å². The minimum Gasteiger partial charge on any atom is -0.507 e. The normalized spacial score (nSPS) is 11.4. The molecule has 0 unspecified atom stereocenters. The van der Waals surface area contributed by atoms with Gasteiger partial charge in [0.2, 0.25) is 0 Å². The number of carboxylic acid groups (broad SMARTS) is 1. The summed E-state index contributed by atoms with van der Waals surface area (Å²) >= 11 is 0. The number of rotatable bonds is 12. The molecule has 0 spiro atoms. The number of hydrogen-bond acceptors (Lipinski definition) is 13. The molecule has 0 atom stereocenters. The van der Waals surface area contributed by atoms with Crippen LogP contribution in [-0.2, 0) is 20.2 Å². The van der Waals surface area contributed by atoms with Crippen molar-refractivity contribution in [3.63, 3.8) is 0 Å². The van der Waals surface area contributed by atoms with E-state index in [-0.39, 0.29) is 125 Å². The number of carboxylic acids is 1. The quantitative estimate of drug-likeness (QED) is 0.0526. The molecule has 3 aromatic carbocycles. The van der Waals surface area contributed by atoms with Crippen molar-refractivity contribution >= 4 is 143 Å². The Morgan fingerprint density at radius 2 is 1.51 bits per heavy atom. The molecule has 22 heteroatoms. The van der Waals surface area contributed by atoms with E-state index in [1.54, 1.807) is 6.92 Å². The number of azo groups is 2. The molecule has 3 rings (SSSR count). The van der Waals surface area contributed by atoms with Crippen LogP contribution in [0.25, 0.3) is 0 Å². The van der Waals surface area contributed by atoms with Crippen molar-refractivity contribution in [1.82, 2.24) is 0 Å². The summed E-state index contributed by atoms with van der Waals surface area (Å²) in [6.45, 7) is 1.33. The Morgan fingerprint density at radius 1 is 0.889 bits per heavy atom. The summed E-state index contributed by atoms with van der Waals surface area (Å²) in [5.74, 6) is -2.51. The van der Waals surface area contributed by atoms with Crippen molar-refractivity contribution < 1.29 is 50.6 Å². The third-order valence-corrected chi connectivity index (χ3v) is 6.95. The summed E-state index contributed by atoms with van der Waals surface area (Å²) in [5.41, 5.74) is -0.866. The van der Waals surface area contributed by atoms with Crippen LogP contribution in [-0.4, -0.2) is 148 Å². The number of hydrogen-bond donors (Lipinski definition) is 4. The molecule has 0 aromatic heterocycles. The predicted molar refractivity (Wildman–Crippen MR) is 161 cm³/mol. The topological polar surface area (TPSA) is 268 Å². The smallest absolute Gasteiger partial charge is 0.339 e. The molecule has 0 aliphatic carbocycles. The van der Waals surface area contributed by atoms with Crippen LogP contribution >= 0.6 is 0 Å². The minimum absolute atomic E-state index is 0. The fraction of sp³-hybridized carbons (Fsp3) is 0.174. The first kappa shape index (κ1) is 43.1. The number of carbonyl (C=O) groups is 1. The van der Waals surface area contributed by atoms with E-state index in [0.717, 1.165) is 24.3 Å². The SMILES string of the molecule is Cc1cc(N=Nc2ccc(O)c(C(=O)O)c2)c(OCCCS(=O)(=O)O)cc1N=Nc1ccc([N+](=O)[O-])cc1S(=O)(=O)O.[Na].[Na].[Na]. The number of non-ortho nitro benzene ring substituents is 1. The van der Waals surface area contributed by atoms with Crippen LogP contribution in [0.5, 0.6) is 11.5 Å². The Morgan fingerprint density at radius 3 is 2.09 bits per heavy atom. The number of aromatic carboxylic acids is 1. The molecule has 0 aliphatic rings. The van der Waals surface area contributed by atoms with Crippen LogP contribution in [0.4, 0.5) is 28.4 Å². The zero-order valence-electron chi connectivity index (χ0n) is 24.3. The van der Waals surface area contributed by atoms with E-state index in [1.165, 1.54) is 18.2 Å². The standard InChI is InChI=1S/C23H21N5O12S2.3Na/c1-13-9-19(27-24-14-3-6-20(29)16(10-14)23(30)31)21(40-7-2-8-41(34,35)36)12-18(13)26-25-17-5-4-15(28(32)33)11-22(17)42(37,38)39;;;/h3-6,9-12,29H,2,7-8H2,1H3,(H,30,31)(H,34,35,36)(H,37,38,39);;;. The number of ether oxygens (including phenoxy) is 1. The molecule has 45 heavy (non-hydrogen) atoms. The van der Waals surface area contributed by atoms with E-state index < -0.39 is 64.5 Å². The molecule has 17 nitrogen and oxygen atoms in total. The Balaban J connectivity index is 0.00000645. The Labute approximate surface area is 322 Å². The summed E-state index contributed by atoms with van der Waals surface area (Å²) in [6.07, 6.45) is -0.124. The van der Waals surface area contributed by atoms with Crippen molar-refractivity contribution in [2.75, 3.05) is 12.4 Å². The fourth-order valence-corrected chi connectivity index (χ4v) is 4.39. The molecule has 4 N–H and O–H groups in total. The fourth-order valence-electron chi connectivity index (χ4n) is 3.27. The van der Waals surface area contributed by atoms with Crippen LogP contribution in [0.15, 0.2) is 73.9 Å². The third-order valence-electron chi connectivity index (χ3n) is 5.26. The predicted octanol–water partition coefficient (Wildman–Crippen LogP) is 3.90. The molecule has 225 valence electrons. The number of benzene rings is 3. The van der Waals surface area contributed by atoms with Gasteiger partial charge in [0, 0.05) is 107 Å². The van der Waals surface area contributed by atoms with Gasteiger partial charge in [-0.3, -0.25) is 19.2 Å². The van der Waals surface area contributed by atoms with Gasteiger partial charge in [0.25, 0.3) is 25.9 Å². The average Bonchev–Trinajstić information content (AvgIpc) is 2.89. The molecule has 0 saturated heterocycles. The van der Waals surface area contributed by atoms with Gasteiger partial charge in [-0.25, -0.2) is 4.79 Å². The van der Waals surface area contributed by atoms with Crippen molar-refractivity contribution in [2.24, 2.45) is 20.5 Å². The van der Waals surface area contributed by atoms with E-state index in [9.17, 15) is 46.5 Å². The van der Waals surface area contributed by atoms with Gasteiger partial charge >= 0.3 is 5.97 Å². The molecule has 0 heterocycles. The van der Waals surface area contributed by atoms with E-state index in [0.29, 0.717) is 11.6 Å². The first-order valence-electron chi connectivity index (χ1n) is 11.4. The molecule has 0 saturated carbocycles. The molecule has 0 amide bonds. The van der Waals surface area contributed by atoms with Gasteiger partial charge in [-0.15, -0.1) is 10.2 Å². The van der Waals surface area contributed by atoms with Gasteiger partial charge in [0.05, 0.1) is 28.7 Å². The van der Waals surface area contributed by atoms with Gasteiger partial charge in [-0.05, 0) is 49.2 Å². The van der Waals surface area contributed by atoms with E-state index in [2.05, 4.69) is 20.5 Å². The second-order valence-electron chi connectivity index (χ2n) is 8.39. The summed E-state index contributed by atoms with van der Waals surface area (Å²) in [4.78, 5) is 20.6. The first-order chi connectivity index (χ1) is 19.5. The van der Waals surface area contributed by atoms with Gasteiger partial charge < -0.3 is 14.9 Å². The summed E-state index contributed by atoms with van der Waals surface area (Å²) in [6, 6.07) is 8.72. The third kappa shape index (κ3) is 13.1. The molecule has 0 bridgehead atoms. The van der Waals surface area contributed by atoms with Crippen molar-refractivity contribution in [3.8, 4) is 11.5 Å². The van der Waals surface area contributed by atoms with E-state index in [4.69, 9.17) is 9.29 Å². The van der Waals surface area contributed by atoms with Crippen LogP contribution in [0.3, 0.4) is 0 Å². The molecule has 0 fully saturated rings. The van der Waals surface area contributed by atoms with Crippen molar-refractivity contribution in [3.05, 3.63) is 69.8 Å². The number of aromatic hydroxyl groups is 1. The van der Waals surface area contributed by atoms with Crippen LogP contribution in [0.1, 0.15) is 22.3 Å². The van der Waals surface area contributed by atoms with Gasteiger partial charge in [-0.1, -0.05) is 0 Å². The number of nitrogens with zero attached hydrogens (tertiary/aromatic N) is 5. The zero-order chi connectivity index (χ0) is 31.2. The molecular weight excluding hydrogens is 671 g/mol. The Kier molecular flexibility index (Phi) is 17.7. The van der Waals surface area contributed by atoms with Crippen molar-refractivity contribution in [2.45, 2.75) is 18.2 Å². The van der Waals surface area contributed by atoms with Crippen LogP contribution in [0.2, 0.25) is 0 Å². The van der Waals surface area contributed by atoms with Crippen molar-refractivity contribution in [1.29, 1.82) is 0 Å². The van der Waals surface area contributed by atoms with Gasteiger partial charge in [0.15, 0.2) is 0 Å². The number of phenols is 1. The summed E-state index contributed by atoms with van der Waals surface area (Å²) in [5, 5.41) is 45.6. The zero-order valence-corrected chi connectivity index (χ0v) is 32.0. The first-order valence-corrected chi connectivity index (χ1v) is 14.5. The minimum atomic E-state index is -4.92. The molecule has 3 radical (unpaired) electrons. The summed E-state index contributed by atoms with van der Waals surface area (Å²) in [7, 11) is -9.19. The Hall–Kier alpha value is -1.85. The monoisotopic (exact) mass is 692 g/mol. The van der Waals surface area contributed by atoms with Crippen LogP contribution in [0, 0.1) is 17.0 Å².